The van der Waals surface area contributed by atoms with Crippen molar-refractivity contribution in [3.05, 3.63) is 24.2 Å². The minimum Gasteiger partial charge on any atom is -0.355 e. The highest BCUT2D eigenvalue weighted by atomic mass is 32.2. The van der Waals surface area contributed by atoms with E-state index in [1.165, 1.54) is 30.9 Å². The highest BCUT2D eigenvalue weighted by molar-refractivity contribution is 7.99. The van der Waals surface area contributed by atoms with E-state index in [9.17, 15) is 0 Å². The minimum absolute atomic E-state index is 0.629. The summed E-state index contributed by atoms with van der Waals surface area (Å²) >= 11 is 2.01. The van der Waals surface area contributed by atoms with Gasteiger partial charge in [0.05, 0.1) is 6.54 Å². The van der Waals surface area contributed by atoms with Crippen LogP contribution in [0.4, 0.5) is 5.82 Å². The maximum atomic E-state index is 5.50. The van der Waals surface area contributed by atoms with Crippen LogP contribution >= 0.6 is 11.8 Å². The Bertz CT molecular complexity index is 723. The van der Waals surface area contributed by atoms with Crippen LogP contribution < -0.4 is 4.90 Å². The zero-order valence-corrected chi connectivity index (χ0v) is 17.5. The molecule has 152 valence electrons. The van der Waals surface area contributed by atoms with E-state index >= 15 is 0 Å². The standard InChI is InChI=1S/C20H30N6OS/c1-2-3-6-24-7-9-25(10-8-24)16-19-22-20(23-27-19)17-4-5-18(21-15-17)26-11-13-28-14-12-26/h4-5,15H,2-3,6-14,16H2,1H3. The third-order valence-corrected chi connectivity index (χ3v) is 6.40. The van der Waals surface area contributed by atoms with E-state index in [0.29, 0.717) is 11.7 Å². The van der Waals surface area contributed by atoms with Crippen LogP contribution in [0.5, 0.6) is 0 Å². The van der Waals surface area contributed by atoms with Gasteiger partial charge in [0.25, 0.3) is 0 Å². The van der Waals surface area contributed by atoms with Crippen molar-refractivity contribution in [3.8, 4) is 11.4 Å². The highest BCUT2D eigenvalue weighted by Gasteiger charge is 2.19. The SMILES string of the molecule is CCCCN1CCN(Cc2nc(-c3ccc(N4CCSCC4)nc3)no2)CC1. The average molecular weight is 403 g/mol. The average Bonchev–Trinajstić information content (AvgIpc) is 3.22. The first-order valence-electron chi connectivity index (χ1n) is 10.4. The number of hydrogen-bond donors (Lipinski definition) is 0. The van der Waals surface area contributed by atoms with E-state index < -0.39 is 0 Å². The van der Waals surface area contributed by atoms with E-state index in [1.807, 2.05) is 24.0 Å². The third kappa shape index (κ3) is 5.04. The molecule has 0 bridgehead atoms. The first-order chi connectivity index (χ1) is 13.8. The highest BCUT2D eigenvalue weighted by Crippen LogP contribution is 2.21. The van der Waals surface area contributed by atoms with Crippen molar-refractivity contribution in [1.82, 2.24) is 24.9 Å². The second-order valence-corrected chi connectivity index (χ2v) is 8.71. The minimum atomic E-state index is 0.629. The Morgan fingerprint density at radius 3 is 2.54 bits per heavy atom. The zero-order chi connectivity index (χ0) is 19.2. The lowest BCUT2D eigenvalue weighted by molar-refractivity contribution is 0.116. The fourth-order valence-corrected chi connectivity index (χ4v) is 4.58. The van der Waals surface area contributed by atoms with Crippen molar-refractivity contribution in [2.45, 2.75) is 26.3 Å². The third-order valence-electron chi connectivity index (χ3n) is 5.46. The zero-order valence-electron chi connectivity index (χ0n) is 16.7. The molecule has 0 saturated carbocycles. The largest absolute Gasteiger partial charge is 0.355 e. The lowest BCUT2D eigenvalue weighted by Crippen LogP contribution is -2.46. The van der Waals surface area contributed by atoms with Crippen molar-refractivity contribution < 1.29 is 4.52 Å². The maximum Gasteiger partial charge on any atom is 0.241 e. The number of piperazine rings is 1. The topological polar surface area (TPSA) is 61.5 Å². The summed E-state index contributed by atoms with van der Waals surface area (Å²) in [6, 6.07) is 4.11. The molecule has 2 fully saturated rings. The van der Waals surface area contributed by atoms with Crippen molar-refractivity contribution >= 4 is 17.6 Å². The van der Waals surface area contributed by atoms with Crippen molar-refractivity contribution in [2.75, 3.05) is 62.2 Å². The van der Waals surface area contributed by atoms with Crippen LogP contribution in [0.15, 0.2) is 22.9 Å². The van der Waals surface area contributed by atoms with Gasteiger partial charge in [-0.05, 0) is 25.1 Å². The second kappa shape index (κ2) is 9.71. The summed E-state index contributed by atoms with van der Waals surface area (Å²) in [5, 5.41) is 4.17. The summed E-state index contributed by atoms with van der Waals surface area (Å²) in [5.74, 6) is 4.70. The van der Waals surface area contributed by atoms with Crippen molar-refractivity contribution in [2.24, 2.45) is 0 Å². The summed E-state index contributed by atoms with van der Waals surface area (Å²) in [5.41, 5.74) is 0.912. The Kier molecular flexibility index (Phi) is 6.82. The molecule has 0 unspecified atom stereocenters. The number of rotatable bonds is 7. The summed E-state index contributed by atoms with van der Waals surface area (Å²) in [6.45, 7) is 10.7. The Labute approximate surface area is 171 Å². The van der Waals surface area contributed by atoms with Crippen LogP contribution in [0.1, 0.15) is 25.7 Å². The van der Waals surface area contributed by atoms with Gasteiger partial charge in [-0.3, -0.25) is 4.90 Å². The van der Waals surface area contributed by atoms with Crippen LogP contribution in [0.25, 0.3) is 11.4 Å². The Morgan fingerprint density at radius 2 is 1.82 bits per heavy atom. The van der Waals surface area contributed by atoms with Gasteiger partial charge in [-0.25, -0.2) is 4.98 Å². The van der Waals surface area contributed by atoms with E-state index in [1.54, 1.807) is 0 Å². The molecule has 2 aromatic rings. The Hall–Kier alpha value is -1.64. The molecule has 8 heteroatoms. The normalized spacial score (nSPS) is 19.2. The smallest absolute Gasteiger partial charge is 0.241 e. The Balaban J connectivity index is 1.30. The molecule has 0 radical (unpaired) electrons. The Morgan fingerprint density at radius 1 is 1.04 bits per heavy atom. The van der Waals surface area contributed by atoms with Gasteiger partial charge in [0.2, 0.25) is 11.7 Å². The first-order valence-corrected chi connectivity index (χ1v) is 11.5. The van der Waals surface area contributed by atoms with Gasteiger partial charge in [0.15, 0.2) is 0 Å². The van der Waals surface area contributed by atoms with Crippen LogP contribution in [-0.2, 0) is 6.54 Å². The van der Waals surface area contributed by atoms with Crippen molar-refractivity contribution in [3.63, 3.8) is 0 Å². The molecule has 0 aromatic carbocycles. The van der Waals surface area contributed by atoms with Gasteiger partial charge in [-0.2, -0.15) is 16.7 Å². The van der Waals surface area contributed by atoms with Gasteiger partial charge >= 0.3 is 0 Å². The molecule has 2 aromatic heterocycles. The predicted molar refractivity (Wildman–Crippen MR) is 114 cm³/mol. The van der Waals surface area contributed by atoms with E-state index in [4.69, 9.17) is 4.52 Å². The fraction of sp³-hybridized carbons (Fsp3) is 0.650. The molecule has 2 aliphatic heterocycles. The van der Waals surface area contributed by atoms with Crippen LogP contribution in [0.3, 0.4) is 0 Å². The molecule has 0 atom stereocenters. The summed E-state index contributed by atoms with van der Waals surface area (Å²) in [4.78, 5) is 16.5. The van der Waals surface area contributed by atoms with Gasteiger partial charge in [0, 0.05) is 62.5 Å². The summed E-state index contributed by atoms with van der Waals surface area (Å²) in [6.07, 6.45) is 4.41. The number of anilines is 1. The van der Waals surface area contributed by atoms with E-state index in [-0.39, 0.29) is 0 Å². The number of pyridine rings is 1. The number of thioether (sulfide) groups is 1. The monoisotopic (exact) mass is 402 g/mol. The molecule has 7 nitrogen and oxygen atoms in total. The number of nitrogens with zero attached hydrogens (tertiary/aromatic N) is 6. The molecule has 2 aliphatic rings. The van der Waals surface area contributed by atoms with Crippen LogP contribution in [0.2, 0.25) is 0 Å². The van der Waals surface area contributed by atoms with Crippen LogP contribution in [0, 0.1) is 0 Å². The molecule has 0 spiro atoms. The predicted octanol–water partition coefficient (Wildman–Crippen LogP) is 2.60. The lowest BCUT2D eigenvalue weighted by atomic mass is 10.2. The van der Waals surface area contributed by atoms with Crippen LogP contribution in [-0.4, -0.2) is 82.2 Å². The molecule has 4 heterocycles. The number of hydrogen-bond acceptors (Lipinski definition) is 8. The molecule has 2 saturated heterocycles. The quantitative estimate of drug-likeness (QED) is 0.700. The summed E-state index contributed by atoms with van der Waals surface area (Å²) < 4.78 is 5.50. The van der Waals surface area contributed by atoms with E-state index in [0.717, 1.165) is 57.2 Å². The molecular weight excluding hydrogens is 372 g/mol. The molecule has 0 aliphatic carbocycles. The molecule has 28 heavy (non-hydrogen) atoms. The van der Waals surface area contributed by atoms with Gasteiger partial charge in [-0.1, -0.05) is 18.5 Å². The van der Waals surface area contributed by atoms with Gasteiger partial charge < -0.3 is 14.3 Å². The molecule has 0 N–H and O–H groups in total. The van der Waals surface area contributed by atoms with E-state index in [2.05, 4.69) is 42.8 Å². The fourth-order valence-electron chi connectivity index (χ4n) is 3.68. The van der Waals surface area contributed by atoms with Crippen molar-refractivity contribution in [1.29, 1.82) is 0 Å². The molecule has 0 amide bonds. The van der Waals surface area contributed by atoms with Gasteiger partial charge in [-0.15, -0.1) is 0 Å². The number of unbranched alkanes of at least 4 members (excludes halogenated alkanes) is 1. The molecular formula is C20H30N6OS. The molecule has 4 rings (SSSR count). The van der Waals surface area contributed by atoms with Gasteiger partial charge in [0.1, 0.15) is 5.82 Å². The number of aromatic nitrogens is 3. The summed E-state index contributed by atoms with van der Waals surface area (Å²) in [7, 11) is 0. The first kappa shape index (κ1) is 19.7. The lowest BCUT2D eigenvalue weighted by Gasteiger charge is -2.33. The second-order valence-electron chi connectivity index (χ2n) is 7.49. The maximum absolute atomic E-state index is 5.50.